The number of nitrogens with zero attached hydrogens (tertiary/aromatic N) is 2. The lowest BCUT2D eigenvalue weighted by Gasteiger charge is -2.34. The van der Waals surface area contributed by atoms with Gasteiger partial charge < -0.3 is 15.0 Å². The summed E-state index contributed by atoms with van der Waals surface area (Å²) in [5.74, 6) is -0.155. The number of rotatable bonds is 7. The number of carbonyl (C=O) groups excluding carboxylic acids is 2. The Morgan fingerprint density at radius 2 is 1.81 bits per heavy atom. The zero-order chi connectivity index (χ0) is 27.4. The van der Waals surface area contributed by atoms with E-state index in [1.807, 2.05) is 20.8 Å². The van der Waals surface area contributed by atoms with Gasteiger partial charge in [0.05, 0.1) is 28.5 Å². The molecule has 202 valence electrons. The van der Waals surface area contributed by atoms with E-state index in [-0.39, 0.29) is 24.5 Å². The van der Waals surface area contributed by atoms with Gasteiger partial charge in [-0.2, -0.15) is 0 Å². The van der Waals surface area contributed by atoms with E-state index >= 15 is 0 Å². The Bertz CT molecular complexity index is 1230. The van der Waals surface area contributed by atoms with E-state index in [0.29, 0.717) is 46.5 Å². The Morgan fingerprint density at radius 1 is 1.14 bits per heavy atom. The van der Waals surface area contributed by atoms with E-state index in [0.717, 1.165) is 19.1 Å². The smallest absolute Gasteiger partial charge is 0.410 e. The lowest BCUT2D eigenvalue weighted by atomic mass is 9.98. The molecule has 1 aliphatic heterocycles. The van der Waals surface area contributed by atoms with Crippen LogP contribution in [0.15, 0.2) is 42.5 Å². The van der Waals surface area contributed by atoms with Crippen molar-refractivity contribution in [3.63, 3.8) is 0 Å². The van der Waals surface area contributed by atoms with Gasteiger partial charge in [0.15, 0.2) is 0 Å². The summed E-state index contributed by atoms with van der Waals surface area (Å²) >= 11 is 12.3. The highest BCUT2D eigenvalue weighted by atomic mass is 35.5. The predicted octanol–water partition coefficient (Wildman–Crippen LogP) is 5.34. The minimum atomic E-state index is -3.64. The normalized spacial score (nSPS) is 16.3. The zero-order valence-electron chi connectivity index (χ0n) is 21.5. The number of piperidine rings is 1. The highest BCUT2D eigenvalue weighted by Crippen LogP contribution is 2.29. The molecule has 2 aromatic carbocycles. The number of carbonyl (C=O) groups is 2. The third-order valence-electron chi connectivity index (χ3n) is 5.89. The summed E-state index contributed by atoms with van der Waals surface area (Å²) in [6, 6.07) is 11.4. The molecule has 11 heteroatoms. The van der Waals surface area contributed by atoms with Crippen molar-refractivity contribution in [2.24, 2.45) is 5.92 Å². The summed E-state index contributed by atoms with van der Waals surface area (Å²) in [7, 11) is -3.64. The monoisotopic (exact) mass is 569 g/mol. The van der Waals surface area contributed by atoms with Crippen molar-refractivity contribution in [3.05, 3.63) is 63.6 Å². The van der Waals surface area contributed by atoms with Gasteiger partial charge in [-0.25, -0.2) is 13.2 Å². The molecule has 1 saturated heterocycles. The molecule has 1 heterocycles. The van der Waals surface area contributed by atoms with Crippen LogP contribution >= 0.6 is 23.2 Å². The van der Waals surface area contributed by atoms with Crippen molar-refractivity contribution < 1.29 is 22.7 Å². The minimum Gasteiger partial charge on any atom is -0.444 e. The molecule has 0 bridgehead atoms. The number of sulfonamides is 1. The van der Waals surface area contributed by atoms with E-state index in [9.17, 15) is 18.0 Å². The summed E-state index contributed by atoms with van der Waals surface area (Å²) in [4.78, 5) is 26.8. The lowest BCUT2D eigenvalue weighted by Crippen LogP contribution is -2.45. The molecule has 0 radical (unpaired) electrons. The SMILES string of the molecule is CC(C)(C)OC(=O)N1CCCC(CNC(=O)c2ccc(N(Cc3cccc(Cl)c3Cl)S(C)(=O)=O)cc2)C1. The van der Waals surface area contributed by atoms with Gasteiger partial charge in [0.1, 0.15) is 5.60 Å². The average Bonchev–Trinajstić information content (AvgIpc) is 2.82. The van der Waals surface area contributed by atoms with Gasteiger partial charge in [0, 0.05) is 25.2 Å². The quantitative estimate of drug-likeness (QED) is 0.485. The third kappa shape index (κ3) is 8.25. The Balaban J connectivity index is 1.63. The average molecular weight is 571 g/mol. The van der Waals surface area contributed by atoms with E-state index in [2.05, 4.69) is 5.32 Å². The first-order valence-corrected chi connectivity index (χ1v) is 14.6. The summed E-state index contributed by atoms with van der Waals surface area (Å²) in [6.07, 6.45) is 2.51. The molecule has 37 heavy (non-hydrogen) atoms. The van der Waals surface area contributed by atoms with Gasteiger partial charge in [0.25, 0.3) is 5.91 Å². The highest BCUT2D eigenvalue weighted by Gasteiger charge is 2.28. The van der Waals surface area contributed by atoms with Crippen molar-refractivity contribution in [3.8, 4) is 0 Å². The van der Waals surface area contributed by atoms with Crippen LogP contribution in [-0.4, -0.2) is 56.8 Å². The number of benzene rings is 2. The fourth-order valence-electron chi connectivity index (χ4n) is 4.07. The maximum atomic E-state index is 12.8. The molecular weight excluding hydrogens is 537 g/mol. The van der Waals surface area contributed by atoms with Crippen LogP contribution in [0, 0.1) is 5.92 Å². The number of amides is 2. The predicted molar refractivity (Wildman–Crippen MR) is 147 cm³/mol. The van der Waals surface area contributed by atoms with Crippen molar-refractivity contribution in [2.75, 3.05) is 30.2 Å². The molecule has 3 rings (SSSR count). The zero-order valence-corrected chi connectivity index (χ0v) is 23.8. The molecule has 1 atom stereocenters. The third-order valence-corrected chi connectivity index (χ3v) is 7.88. The van der Waals surface area contributed by atoms with Crippen LogP contribution in [0.25, 0.3) is 0 Å². The van der Waals surface area contributed by atoms with E-state index < -0.39 is 15.6 Å². The van der Waals surface area contributed by atoms with Crippen LogP contribution in [0.1, 0.15) is 49.5 Å². The van der Waals surface area contributed by atoms with Crippen molar-refractivity contribution in [1.82, 2.24) is 10.2 Å². The number of likely N-dealkylation sites (tertiary alicyclic amines) is 1. The molecule has 0 saturated carbocycles. The fourth-order valence-corrected chi connectivity index (χ4v) is 5.33. The summed E-state index contributed by atoms with van der Waals surface area (Å²) in [5, 5.41) is 3.56. The number of nitrogens with one attached hydrogen (secondary N) is 1. The molecular formula is C26H33Cl2N3O5S. The molecule has 0 aliphatic carbocycles. The molecule has 1 unspecified atom stereocenters. The second-order valence-electron chi connectivity index (χ2n) is 10.2. The van der Waals surface area contributed by atoms with E-state index in [1.165, 1.54) is 4.31 Å². The molecule has 2 aromatic rings. The Hall–Kier alpha value is -2.49. The van der Waals surface area contributed by atoms with Crippen LogP contribution in [-0.2, 0) is 21.3 Å². The Kier molecular flexibility index (Phi) is 9.37. The van der Waals surface area contributed by atoms with Gasteiger partial charge >= 0.3 is 6.09 Å². The first kappa shape index (κ1) is 29.1. The summed E-state index contributed by atoms with van der Waals surface area (Å²) in [5.41, 5.74) is 0.805. The highest BCUT2D eigenvalue weighted by molar-refractivity contribution is 7.92. The Labute approximate surface area is 228 Å². The van der Waals surface area contributed by atoms with Gasteiger partial charge in [-0.1, -0.05) is 35.3 Å². The molecule has 0 spiro atoms. The molecule has 1 aliphatic rings. The van der Waals surface area contributed by atoms with Crippen LogP contribution in [0.2, 0.25) is 10.0 Å². The molecule has 1 N–H and O–H groups in total. The number of anilines is 1. The van der Waals surface area contributed by atoms with Gasteiger partial charge in [0.2, 0.25) is 10.0 Å². The lowest BCUT2D eigenvalue weighted by molar-refractivity contribution is 0.0167. The maximum absolute atomic E-state index is 12.8. The summed E-state index contributed by atoms with van der Waals surface area (Å²) in [6.45, 7) is 7.07. The topological polar surface area (TPSA) is 96.0 Å². The van der Waals surface area contributed by atoms with Gasteiger partial charge in [-0.05, 0) is 75.4 Å². The van der Waals surface area contributed by atoms with E-state index in [1.54, 1.807) is 47.4 Å². The first-order valence-electron chi connectivity index (χ1n) is 12.0. The second-order valence-corrected chi connectivity index (χ2v) is 12.9. The van der Waals surface area contributed by atoms with Crippen molar-refractivity contribution in [1.29, 1.82) is 0 Å². The fraction of sp³-hybridized carbons (Fsp3) is 0.462. The van der Waals surface area contributed by atoms with Gasteiger partial charge in [-0.3, -0.25) is 9.10 Å². The Morgan fingerprint density at radius 3 is 2.43 bits per heavy atom. The van der Waals surface area contributed by atoms with Gasteiger partial charge in [-0.15, -0.1) is 0 Å². The van der Waals surface area contributed by atoms with Crippen LogP contribution in [0.4, 0.5) is 10.5 Å². The number of hydrogen-bond donors (Lipinski definition) is 1. The first-order chi connectivity index (χ1) is 17.2. The van der Waals surface area contributed by atoms with Crippen molar-refractivity contribution in [2.45, 2.75) is 45.8 Å². The van der Waals surface area contributed by atoms with Crippen molar-refractivity contribution >= 4 is 50.9 Å². The standard InChI is InChI=1S/C26H33Cl2N3O5S/c1-26(2,3)36-25(33)30-14-6-7-18(16-30)15-29-24(32)19-10-12-21(13-11-19)31(37(4,34)35)17-20-8-5-9-22(27)23(20)28/h5,8-13,18H,6-7,14-17H2,1-4H3,(H,29,32). The van der Waals surface area contributed by atoms with Crippen LogP contribution in [0.5, 0.6) is 0 Å². The number of hydrogen-bond acceptors (Lipinski definition) is 5. The van der Waals surface area contributed by atoms with E-state index in [4.69, 9.17) is 27.9 Å². The molecule has 8 nitrogen and oxygen atoms in total. The van der Waals surface area contributed by atoms with Crippen LogP contribution < -0.4 is 9.62 Å². The molecule has 0 aromatic heterocycles. The maximum Gasteiger partial charge on any atom is 0.410 e. The minimum absolute atomic E-state index is 0.000399. The molecule has 2 amide bonds. The second kappa shape index (κ2) is 11.9. The summed E-state index contributed by atoms with van der Waals surface area (Å²) < 4.78 is 31.7. The van der Waals surface area contributed by atoms with Crippen LogP contribution in [0.3, 0.4) is 0 Å². The number of ether oxygens (including phenoxy) is 1. The molecule has 1 fully saturated rings. The number of halogens is 2. The largest absolute Gasteiger partial charge is 0.444 e.